The quantitative estimate of drug-likeness (QED) is 0.570. The number of aryl methyl sites for hydroxylation is 1. The minimum atomic E-state index is -0.414. The van der Waals surface area contributed by atoms with Gasteiger partial charge in [-0.1, -0.05) is 6.07 Å². The maximum Gasteiger partial charge on any atom is 0.255 e. The molecule has 2 heterocycles. The molecule has 1 aromatic rings. The summed E-state index contributed by atoms with van der Waals surface area (Å²) in [6, 6.07) is 3.69. The van der Waals surface area contributed by atoms with Gasteiger partial charge in [0.25, 0.3) is 5.91 Å². The fraction of sp³-hybridized carbons (Fsp3) is 0.682. The lowest BCUT2D eigenvalue weighted by Gasteiger charge is -2.36. The van der Waals surface area contributed by atoms with Crippen LogP contribution >= 0.6 is 0 Å². The number of nitrogens with zero attached hydrogens (tertiary/aromatic N) is 1. The van der Waals surface area contributed by atoms with E-state index in [1.165, 1.54) is 0 Å². The second-order valence-electron chi connectivity index (χ2n) is 8.08. The molecule has 0 aliphatic carbocycles. The number of hydrogen-bond acceptors (Lipinski definition) is 6. The third-order valence-corrected chi connectivity index (χ3v) is 5.82. The number of fused-ring (bicyclic) bond motifs is 1. The minimum absolute atomic E-state index is 0.0775. The summed E-state index contributed by atoms with van der Waals surface area (Å²) in [5.74, 6) is 1.11. The molecule has 29 heavy (non-hydrogen) atoms. The van der Waals surface area contributed by atoms with Gasteiger partial charge in [0.2, 0.25) is 0 Å². The zero-order valence-electron chi connectivity index (χ0n) is 17.7. The number of rotatable bonds is 8. The number of carbonyl (C=O) groups is 1. The molecule has 1 aromatic carbocycles. The molecule has 1 amide bonds. The number of β-amino-alcohol motifs (C(OH)–C–C–N with tert-alkyl or cyclic N) is 1. The zero-order chi connectivity index (χ0) is 20.6. The molecule has 7 nitrogen and oxygen atoms in total. The first kappa shape index (κ1) is 21.9. The predicted molar refractivity (Wildman–Crippen MR) is 113 cm³/mol. The molecule has 0 bridgehead atoms. The summed E-state index contributed by atoms with van der Waals surface area (Å²) in [7, 11) is 1.97. The summed E-state index contributed by atoms with van der Waals surface area (Å²) in [5, 5.41) is 16.7. The normalized spacial score (nSPS) is 22.2. The first-order valence-corrected chi connectivity index (χ1v) is 10.8. The lowest BCUT2D eigenvalue weighted by atomic mass is 9.93. The second-order valence-corrected chi connectivity index (χ2v) is 8.08. The van der Waals surface area contributed by atoms with Crippen LogP contribution in [0.5, 0.6) is 11.5 Å². The van der Waals surface area contributed by atoms with Crippen molar-refractivity contribution < 1.29 is 19.4 Å². The lowest BCUT2D eigenvalue weighted by Crippen LogP contribution is -2.47. The molecule has 0 aromatic heterocycles. The van der Waals surface area contributed by atoms with E-state index in [-0.39, 0.29) is 11.8 Å². The molecule has 1 saturated heterocycles. The molecule has 3 N–H and O–H groups in total. The Labute approximate surface area is 173 Å². The SMILES string of the molecule is CNCCCCN1CC[C@@H](CNC(=O)c2ccc(C)c3c2OCCCO3)C(O)C1. The first-order valence-electron chi connectivity index (χ1n) is 10.8. The van der Waals surface area contributed by atoms with Crippen molar-refractivity contribution in [1.82, 2.24) is 15.5 Å². The van der Waals surface area contributed by atoms with Gasteiger partial charge in [-0.2, -0.15) is 0 Å². The third kappa shape index (κ3) is 5.84. The summed E-state index contributed by atoms with van der Waals surface area (Å²) < 4.78 is 11.6. The van der Waals surface area contributed by atoms with Crippen LogP contribution in [0, 0.1) is 12.8 Å². The van der Waals surface area contributed by atoms with Crippen molar-refractivity contribution in [1.29, 1.82) is 0 Å². The molecule has 1 unspecified atom stereocenters. The number of piperidine rings is 1. The van der Waals surface area contributed by atoms with Crippen LogP contribution in [0.4, 0.5) is 0 Å². The number of hydrogen-bond donors (Lipinski definition) is 3. The Kier molecular flexibility index (Phi) is 8.15. The smallest absolute Gasteiger partial charge is 0.255 e. The van der Waals surface area contributed by atoms with Crippen LogP contribution in [0.3, 0.4) is 0 Å². The van der Waals surface area contributed by atoms with Gasteiger partial charge < -0.3 is 30.1 Å². The molecule has 3 rings (SSSR count). The first-order chi connectivity index (χ1) is 14.1. The highest BCUT2D eigenvalue weighted by Gasteiger charge is 2.28. The van der Waals surface area contributed by atoms with Crippen molar-refractivity contribution in [2.24, 2.45) is 5.92 Å². The number of amides is 1. The summed E-state index contributed by atoms with van der Waals surface area (Å²) >= 11 is 0. The van der Waals surface area contributed by atoms with Crippen molar-refractivity contribution in [2.45, 2.75) is 38.7 Å². The van der Waals surface area contributed by atoms with Crippen LogP contribution in [0.25, 0.3) is 0 Å². The van der Waals surface area contributed by atoms with Crippen LogP contribution in [-0.2, 0) is 0 Å². The van der Waals surface area contributed by atoms with Gasteiger partial charge in [-0.05, 0) is 64.5 Å². The molecule has 2 atom stereocenters. The molecular formula is C22H35N3O4. The number of aliphatic hydroxyl groups is 1. The van der Waals surface area contributed by atoms with Crippen LogP contribution in [0.15, 0.2) is 12.1 Å². The minimum Gasteiger partial charge on any atom is -0.489 e. The molecule has 0 saturated carbocycles. The Morgan fingerprint density at radius 1 is 1.24 bits per heavy atom. The second kappa shape index (κ2) is 10.8. The summed E-state index contributed by atoms with van der Waals surface area (Å²) in [4.78, 5) is 15.1. The highest BCUT2D eigenvalue weighted by atomic mass is 16.5. The van der Waals surface area contributed by atoms with E-state index < -0.39 is 6.10 Å². The maximum absolute atomic E-state index is 12.8. The number of aliphatic hydroxyl groups excluding tert-OH is 1. The van der Waals surface area contributed by atoms with Crippen LogP contribution in [0.2, 0.25) is 0 Å². The number of carbonyl (C=O) groups excluding carboxylic acids is 1. The number of likely N-dealkylation sites (tertiary alicyclic amines) is 1. The van der Waals surface area contributed by atoms with E-state index in [9.17, 15) is 9.90 Å². The van der Waals surface area contributed by atoms with E-state index in [1.807, 2.05) is 20.0 Å². The van der Waals surface area contributed by atoms with Gasteiger partial charge in [0, 0.05) is 25.4 Å². The topological polar surface area (TPSA) is 83.1 Å². The van der Waals surface area contributed by atoms with Crippen LogP contribution < -0.4 is 20.1 Å². The molecule has 2 aliphatic rings. The van der Waals surface area contributed by atoms with Crippen molar-refractivity contribution in [3.05, 3.63) is 23.3 Å². The summed E-state index contributed by atoms with van der Waals surface area (Å²) in [6.07, 6.45) is 3.56. The van der Waals surface area contributed by atoms with Crippen molar-refractivity contribution in [2.75, 3.05) is 53.0 Å². The van der Waals surface area contributed by atoms with Crippen molar-refractivity contribution in [3.63, 3.8) is 0 Å². The van der Waals surface area contributed by atoms with E-state index in [1.54, 1.807) is 6.07 Å². The van der Waals surface area contributed by atoms with Gasteiger partial charge in [0.1, 0.15) is 0 Å². The van der Waals surface area contributed by atoms with Gasteiger partial charge in [0.05, 0.1) is 24.9 Å². The van der Waals surface area contributed by atoms with E-state index in [0.29, 0.717) is 43.4 Å². The molecule has 2 aliphatic heterocycles. The van der Waals surface area contributed by atoms with Crippen LogP contribution in [-0.4, -0.2) is 75.0 Å². The van der Waals surface area contributed by atoms with E-state index >= 15 is 0 Å². The molecule has 7 heteroatoms. The molecule has 0 spiro atoms. The van der Waals surface area contributed by atoms with Crippen molar-refractivity contribution >= 4 is 5.91 Å². The Morgan fingerprint density at radius 3 is 2.79 bits per heavy atom. The standard InChI is InChI=1S/C22H35N3O4/c1-16-6-7-18(21-20(16)28-12-5-13-29-21)22(27)24-14-17-8-11-25(15-19(17)26)10-4-3-9-23-2/h6-7,17,19,23,26H,3-5,8-15H2,1-2H3,(H,24,27)/t17-,19?/m0/s1. The van der Waals surface area contributed by atoms with E-state index in [2.05, 4.69) is 15.5 Å². The fourth-order valence-electron chi connectivity index (χ4n) is 4.01. The number of benzene rings is 1. The van der Waals surface area contributed by atoms with Gasteiger partial charge in [-0.15, -0.1) is 0 Å². The van der Waals surface area contributed by atoms with Crippen molar-refractivity contribution in [3.8, 4) is 11.5 Å². The maximum atomic E-state index is 12.8. The van der Waals surface area contributed by atoms with Crippen LogP contribution in [0.1, 0.15) is 41.6 Å². The summed E-state index contributed by atoms with van der Waals surface area (Å²) in [5.41, 5.74) is 1.47. The number of unbranched alkanes of at least 4 members (excludes halogenated alkanes) is 1. The Bertz CT molecular complexity index is 682. The molecule has 0 radical (unpaired) electrons. The number of ether oxygens (including phenoxy) is 2. The van der Waals surface area contributed by atoms with Gasteiger partial charge in [-0.3, -0.25) is 4.79 Å². The van der Waals surface area contributed by atoms with E-state index in [0.717, 1.165) is 50.9 Å². The largest absolute Gasteiger partial charge is 0.489 e. The average Bonchev–Trinajstić information content (AvgIpc) is 2.97. The number of nitrogens with one attached hydrogen (secondary N) is 2. The van der Waals surface area contributed by atoms with Gasteiger partial charge >= 0.3 is 0 Å². The lowest BCUT2D eigenvalue weighted by molar-refractivity contribution is 0.0216. The molecular weight excluding hydrogens is 370 g/mol. The van der Waals surface area contributed by atoms with Gasteiger partial charge in [-0.25, -0.2) is 0 Å². The highest BCUT2D eigenvalue weighted by molar-refractivity contribution is 5.98. The van der Waals surface area contributed by atoms with E-state index in [4.69, 9.17) is 9.47 Å². The third-order valence-electron chi connectivity index (χ3n) is 5.82. The highest BCUT2D eigenvalue weighted by Crippen LogP contribution is 2.36. The average molecular weight is 406 g/mol. The molecule has 1 fully saturated rings. The summed E-state index contributed by atoms with van der Waals surface area (Å²) in [6.45, 7) is 7.26. The predicted octanol–water partition coefficient (Wildman–Crippen LogP) is 1.57. The molecule has 162 valence electrons. The fourth-order valence-corrected chi connectivity index (χ4v) is 4.01. The zero-order valence-corrected chi connectivity index (χ0v) is 17.7. The Morgan fingerprint density at radius 2 is 2.03 bits per heavy atom. The van der Waals surface area contributed by atoms with Gasteiger partial charge in [0.15, 0.2) is 11.5 Å². The Balaban J connectivity index is 1.51. The Hall–Kier alpha value is -1.83. The monoisotopic (exact) mass is 405 g/mol.